The molecule has 5 heteroatoms. The number of carbonyl (C=O) groups excluding carboxylic acids is 2. The van der Waals surface area contributed by atoms with Crippen LogP contribution in [-0.4, -0.2) is 16.8 Å². The number of anilines is 1. The fraction of sp³-hybridized carbons (Fsp3) is 0.0417. The summed E-state index contributed by atoms with van der Waals surface area (Å²) in [5.41, 5.74) is 2.58. The van der Waals surface area contributed by atoms with Gasteiger partial charge < -0.3 is 10.6 Å². The number of amides is 2. The first-order chi connectivity index (χ1) is 14.2. The Balaban J connectivity index is 1.52. The van der Waals surface area contributed by atoms with Crippen molar-refractivity contribution < 1.29 is 9.59 Å². The fourth-order valence-corrected chi connectivity index (χ4v) is 3.18. The number of carbonyl (C=O) groups is 2. The van der Waals surface area contributed by atoms with Crippen LogP contribution in [0.25, 0.3) is 10.8 Å². The molecule has 0 aliphatic carbocycles. The lowest BCUT2D eigenvalue weighted by Gasteiger charge is -2.13. The summed E-state index contributed by atoms with van der Waals surface area (Å²) < 4.78 is 0. The number of aromatic nitrogens is 1. The molecule has 1 aromatic heterocycles. The van der Waals surface area contributed by atoms with Gasteiger partial charge in [-0.15, -0.1) is 0 Å². The second kappa shape index (κ2) is 8.35. The fourth-order valence-electron chi connectivity index (χ4n) is 3.18. The highest BCUT2D eigenvalue weighted by atomic mass is 16.2. The molecular formula is C24H19N3O2. The van der Waals surface area contributed by atoms with Crippen molar-refractivity contribution in [2.75, 3.05) is 5.32 Å². The molecule has 2 amide bonds. The smallest absolute Gasteiger partial charge is 0.256 e. The number of fused-ring (bicyclic) bond motifs is 1. The van der Waals surface area contributed by atoms with E-state index in [1.165, 1.54) is 6.20 Å². The SMILES string of the molecule is O=C(NCc1ccccc1NC(=O)c1cccc2ccccc12)c1cccnc1. The van der Waals surface area contributed by atoms with Gasteiger partial charge in [-0.3, -0.25) is 14.6 Å². The van der Waals surface area contributed by atoms with Gasteiger partial charge in [-0.05, 0) is 40.6 Å². The second-order valence-corrected chi connectivity index (χ2v) is 6.56. The lowest BCUT2D eigenvalue weighted by molar-refractivity contribution is 0.0950. The number of hydrogen-bond acceptors (Lipinski definition) is 3. The molecule has 5 nitrogen and oxygen atoms in total. The quantitative estimate of drug-likeness (QED) is 0.538. The van der Waals surface area contributed by atoms with Gasteiger partial charge in [-0.25, -0.2) is 0 Å². The van der Waals surface area contributed by atoms with Crippen LogP contribution in [0.5, 0.6) is 0 Å². The molecule has 0 atom stereocenters. The molecule has 0 fully saturated rings. The lowest BCUT2D eigenvalue weighted by Crippen LogP contribution is -2.24. The molecule has 3 aromatic carbocycles. The van der Waals surface area contributed by atoms with Crippen molar-refractivity contribution in [3.05, 3.63) is 108 Å². The summed E-state index contributed by atoms with van der Waals surface area (Å²) >= 11 is 0. The van der Waals surface area contributed by atoms with Crippen molar-refractivity contribution in [2.45, 2.75) is 6.54 Å². The molecule has 4 aromatic rings. The maximum absolute atomic E-state index is 12.9. The van der Waals surface area contributed by atoms with E-state index >= 15 is 0 Å². The molecule has 142 valence electrons. The molecule has 0 unspecified atom stereocenters. The van der Waals surface area contributed by atoms with E-state index in [1.807, 2.05) is 66.7 Å². The minimum Gasteiger partial charge on any atom is -0.348 e. The zero-order valence-corrected chi connectivity index (χ0v) is 15.6. The summed E-state index contributed by atoms with van der Waals surface area (Å²) in [6.45, 7) is 0.291. The van der Waals surface area contributed by atoms with Crippen LogP contribution < -0.4 is 10.6 Å². The van der Waals surface area contributed by atoms with Gasteiger partial charge in [0, 0.05) is 30.2 Å². The van der Waals surface area contributed by atoms with E-state index in [-0.39, 0.29) is 11.8 Å². The number of pyridine rings is 1. The van der Waals surface area contributed by atoms with E-state index in [2.05, 4.69) is 15.6 Å². The first-order valence-electron chi connectivity index (χ1n) is 9.27. The molecule has 0 spiro atoms. The van der Waals surface area contributed by atoms with Crippen molar-refractivity contribution in [3.63, 3.8) is 0 Å². The lowest BCUT2D eigenvalue weighted by atomic mass is 10.0. The van der Waals surface area contributed by atoms with Gasteiger partial charge >= 0.3 is 0 Å². The van der Waals surface area contributed by atoms with Crippen LogP contribution in [0, 0.1) is 0 Å². The second-order valence-electron chi connectivity index (χ2n) is 6.56. The number of nitrogens with one attached hydrogen (secondary N) is 2. The average molecular weight is 381 g/mol. The van der Waals surface area contributed by atoms with Gasteiger partial charge in [0.1, 0.15) is 0 Å². The van der Waals surface area contributed by atoms with Crippen molar-refractivity contribution in [2.24, 2.45) is 0 Å². The molecule has 1 heterocycles. The third-order valence-electron chi connectivity index (χ3n) is 4.66. The summed E-state index contributed by atoms with van der Waals surface area (Å²) in [6, 6.07) is 24.3. The maximum atomic E-state index is 12.9. The topological polar surface area (TPSA) is 71.1 Å². The van der Waals surface area contributed by atoms with Gasteiger partial charge in [-0.1, -0.05) is 54.6 Å². The molecule has 0 saturated heterocycles. The van der Waals surface area contributed by atoms with E-state index in [4.69, 9.17) is 0 Å². The number of para-hydroxylation sites is 1. The monoisotopic (exact) mass is 381 g/mol. The molecule has 0 radical (unpaired) electrons. The summed E-state index contributed by atoms with van der Waals surface area (Å²) in [5, 5.41) is 7.76. The number of hydrogen-bond donors (Lipinski definition) is 2. The first-order valence-corrected chi connectivity index (χ1v) is 9.27. The highest BCUT2D eigenvalue weighted by molar-refractivity contribution is 6.13. The van der Waals surface area contributed by atoms with E-state index in [0.29, 0.717) is 23.4 Å². The van der Waals surface area contributed by atoms with Gasteiger partial charge in [0.25, 0.3) is 11.8 Å². The predicted molar refractivity (Wildman–Crippen MR) is 114 cm³/mol. The molecular weight excluding hydrogens is 362 g/mol. The number of nitrogens with zero attached hydrogens (tertiary/aromatic N) is 1. The summed E-state index contributed by atoms with van der Waals surface area (Å²) in [6.07, 6.45) is 3.14. The largest absolute Gasteiger partial charge is 0.348 e. The van der Waals surface area contributed by atoms with Crippen LogP contribution in [0.15, 0.2) is 91.3 Å². The highest BCUT2D eigenvalue weighted by Crippen LogP contribution is 2.21. The van der Waals surface area contributed by atoms with E-state index in [0.717, 1.165) is 16.3 Å². The van der Waals surface area contributed by atoms with Gasteiger partial charge in [0.2, 0.25) is 0 Å². The Morgan fingerprint density at radius 1 is 0.793 bits per heavy atom. The first kappa shape index (κ1) is 18.4. The minimum atomic E-state index is -0.215. The standard InChI is InChI=1S/C24H19N3O2/c28-23(19-10-6-14-25-15-19)26-16-18-8-2-4-13-22(18)27-24(29)21-12-5-9-17-7-1-3-11-20(17)21/h1-15H,16H2,(H,26,28)(H,27,29). The van der Waals surface area contributed by atoms with Gasteiger partial charge in [0.05, 0.1) is 5.56 Å². The van der Waals surface area contributed by atoms with E-state index < -0.39 is 0 Å². The molecule has 0 aliphatic heterocycles. The number of rotatable bonds is 5. The Labute approximate surface area is 168 Å². The third-order valence-corrected chi connectivity index (χ3v) is 4.66. The Hall–Kier alpha value is -3.99. The molecule has 0 saturated carbocycles. The summed E-state index contributed by atoms with van der Waals surface area (Å²) in [4.78, 5) is 29.2. The van der Waals surface area contributed by atoms with Gasteiger partial charge in [-0.2, -0.15) is 0 Å². The Kier molecular flexibility index (Phi) is 5.29. The van der Waals surface area contributed by atoms with Crippen LogP contribution in [0.2, 0.25) is 0 Å². The molecule has 29 heavy (non-hydrogen) atoms. The van der Waals surface area contributed by atoms with Crippen LogP contribution in [0.3, 0.4) is 0 Å². The number of benzene rings is 3. The van der Waals surface area contributed by atoms with Crippen molar-refractivity contribution in [3.8, 4) is 0 Å². The van der Waals surface area contributed by atoms with Crippen molar-refractivity contribution >= 4 is 28.3 Å². The summed E-state index contributed by atoms with van der Waals surface area (Å²) in [7, 11) is 0. The van der Waals surface area contributed by atoms with Crippen molar-refractivity contribution in [1.82, 2.24) is 10.3 Å². The molecule has 0 bridgehead atoms. The van der Waals surface area contributed by atoms with Crippen LogP contribution in [0.4, 0.5) is 5.69 Å². The Bertz CT molecular complexity index is 1170. The molecule has 2 N–H and O–H groups in total. The highest BCUT2D eigenvalue weighted by Gasteiger charge is 2.13. The maximum Gasteiger partial charge on any atom is 0.256 e. The zero-order chi connectivity index (χ0) is 20.1. The normalized spacial score (nSPS) is 10.5. The van der Waals surface area contributed by atoms with Crippen LogP contribution in [-0.2, 0) is 6.54 Å². The predicted octanol–water partition coefficient (Wildman–Crippen LogP) is 4.42. The Morgan fingerprint density at radius 2 is 1.59 bits per heavy atom. The third kappa shape index (κ3) is 4.14. The summed E-state index contributed by atoms with van der Waals surface area (Å²) in [5.74, 6) is -0.402. The zero-order valence-electron chi connectivity index (χ0n) is 15.6. The van der Waals surface area contributed by atoms with E-state index in [9.17, 15) is 9.59 Å². The molecule has 4 rings (SSSR count). The van der Waals surface area contributed by atoms with Crippen molar-refractivity contribution in [1.29, 1.82) is 0 Å². The molecule has 0 aliphatic rings. The average Bonchev–Trinajstić information content (AvgIpc) is 2.78. The van der Waals surface area contributed by atoms with Crippen LogP contribution >= 0.6 is 0 Å². The Morgan fingerprint density at radius 3 is 2.45 bits per heavy atom. The minimum absolute atomic E-state index is 0.187. The van der Waals surface area contributed by atoms with Crippen LogP contribution in [0.1, 0.15) is 26.3 Å². The van der Waals surface area contributed by atoms with E-state index in [1.54, 1.807) is 18.3 Å². The van der Waals surface area contributed by atoms with Gasteiger partial charge in [0.15, 0.2) is 0 Å².